The zero-order valence-corrected chi connectivity index (χ0v) is 15.8. The Bertz CT molecular complexity index is 1070. The number of hydrogen-bond acceptors (Lipinski definition) is 4. The molecule has 2 aromatic carbocycles. The van der Waals surface area contributed by atoms with Crippen LogP contribution in [0, 0.1) is 0 Å². The molecule has 4 aromatic rings. The third-order valence-corrected chi connectivity index (χ3v) is 5.52. The largest absolute Gasteiger partial charge is 0.368 e. The second-order valence-corrected chi connectivity index (χ2v) is 7.46. The highest BCUT2D eigenvalue weighted by molar-refractivity contribution is 9.10. The normalized spacial score (nSPS) is 15.1. The lowest BCUT2D eigenvalue weighted by Gasteiger charge is -2.36. The average Bonchev–Trinajstić information content (AvgIpc) is 3.07. The van der Waals surface area contributed by atoms with Crippen molar-refractivity contribution in [3.8, 4) is 0 Å². The van der Waals surface area contributed by atoms with Gasteiger partial charge in [0.25, 0.3) is 0 Å². The van der Waals surface area contributed by atoms with Crippen molar-refractivity contribution in [2.45, 2.75) is 0 Å². The molecule has 2 aromatic heterocycles. The van der Waals surface area contributed by atoms with Gasteiger partial charge in [0.05, 0.1) is 0 Å². The molecule has 5 rings (SSSR count). The lowest BCUT2D eigenvalue weighted by atomic mass is 10.2. The molecule has 0 bridgehead atoms. The van der Waals surface area contributed by atoms with E-state index in [4.69, 9.17) is 0 Å². The van der Waals surface area contributed by atoms with E-state index in [1.54, 1.807) is 6.33 Å². The lowest BCUT2D eigenvalue weighted by molar-refractivity contribution is 0.648. The summed E-state index contributed by atoms with van der Waals surface area (Å²) in [7, 11) is 0. The van der Waals surface area contributed by atoms with Crippen molar-refractivity contribution in [2.24, 2.45) is 0 Å². The molecule has 0 amide bonds. The number of rotatable bonds is 2. The van der Waals surface area contributed by atoms with Gasteiger partial charge in [0.2, 0.25) is 0 Å². The van der Waals surface area contributed by atoms with Gasteiger partial charge in [-0.05, 0) is 30.3 Å². The highest BCUT2D eigenvalue weighted by Crippen LogP contribution is 2.31. The zero-order valence-electron chi connectivity index (χ0n) is 14.2. The molecule has 5 nitrogen and oxygen atoms in total. The molecule has 0 aliphatic carbocycles. The minimum Gasteiger partial charge on any atom is -0.368 e. The van der Waals surface area contributed by atoms with Crippen molar-refractivity contribution in [1.29, 1.82) is 0 Å². The predicted molar refractivity (Wildman–Crippen MR) is 110 cm³/mol. The molecule has 1 aliphatic rings. The summed E-state index contributed by atoms with van der Waals surface area (Å²) in [5.74, 6) is 0.995. The van der Waals surface area contributed by atoms with Crippen LogP contribution in [-0.2, 0) is 0 Å². The fourth-order valence-electron chi connectivity index (χ4n) is 3.71. The molecule has 130 valence electrons. The number of piperazine rings is 1. The van der Waals surface area contributed by atoms with E-state index in [0.29, 0.717) is 0 Å². The summed E-state index contributed by atoms with van der Waals surface area (Å²) >= 11 is 3.55. The SMILES string of the molecule is Brc1ccc2[nH]c3c(N4CCN(c5ccccc5)CC4)ncnc3c2c1. The lowest BCUT2D eigenvalue weighted by Crippen LogP contribution is -2.46. The van der Waals surface area contributed by atoms with E-state index in [1.807, 2.05) is 6.07 Å². The van der Waals surface area contributed by atoms with Crippen molar-refractivity contribution in [1.82, 2.24) is 15.0 Å². The van der Waals surface area contributed by atoms with E-state index in [1.165, 1.54) is 5.69 Å². The molecule has 0 radical (unpaired) electrons. The number of aromatic nitrogens is 3. The topological polar surface area (TPSA) is 48.1 Å². The van der Waals surface area contributed by atoms with Gasteiger partial charge >= 0.3 is 0 Å². The maximum atomic E-state index is 4.60. The number of anilines is 2. The number of nitrogens with zero attached hydrogens (tertiary/aromatic N) is 4. The number of H-pyrrole nitrogens is 1. The van der Waals surface area contributed by atoms with Gasteiger partial charge in [0, 0.05) is 47.2 Å². The highest BCUT2D eigenvalue weighted by atomic mass is 79.9. The monoisotopic (exact) mass is 407 g/mol. The quantitative estimate of drug-likeness (QED) is 0.540. The van der Waals surface area contributed by atoms with Crippen LogP contribution in [0.4, 0.5) is 11.5 Å². The molecule has 1 fully saturated rings. The highest BCUT2D eigenvalue weighted by Gasteiger charge is 2.21. The first-order valence-electron chi connectivity index (χ1n) is 8.76. The van der Waals surface area contributed by atoms with Crippen LogP contribution in [0.3, 0.4) is 0 Å². The van der Waals surface area contributed by atoms with Gasteiger partial charge in [0.15, 0.2) is 5.82 Å². The Morgan fingerprint density at radius 1 is 0.885 bits per heavy atom. The van der Waals surface area contributed by atoms with Crippen LogP contribution in [-0.4, -0.2) is 41.1 Å². The smallest absolute Gasteiger partial charge is 0.156 e. The minimum absolute atomic E-state index is 0.945. The first-order valence-corrected chi connectivity index (χ1v) is 9.56. The van der Waals surface area contributed by atoms with E-state index < -0.39 is 0 Å². The van der Waals surface area contributed by atoms with Gasteiger partial charge < -0.3 is 14.8 Å². The van der Waals surface area contributed by atoms with Crippen LogP contribution >= 0.6 is 15.9 Å². The van der Waals surface area contributed by atoms with Crippen molar-refractivity contribution in [3.63, 3.8) is 0 Å². The van der Waals surface area contributed by atoms with E-state index in [-0.39, 0.29) is 0 Å². The maximum absolute atomic E-state index is 4.60. The molecule has 26 heavy (non-hydrogen) atoms. The Morgan fingerprint density at radius 2 is 1.65 bits per heavy atom. The summed E-state index contributed by atoms with van der Waals surface area (Å²) in [4.78, 5) is 17.4. The summed E-state index contributed by atoms with van der Waals surface area (Å²) in [6.07, 6.45) is 1.68. The van der Waals surface area contributed by atoms with E-state index in [2.05, 4.69) is 83.1 Å². The van der Waals surface area contributed by atoms with E-state index in [9.17, 15) is 0 Å². The zero-order chi connectivity index (χ0) is 17.5. The van der Waals surface area contributed by atoms with Crippen molar-refractivity contribution in [2.75, 3.05) is 36.0 Å². The first-order chi connectivity index (χ1) is 12.8. The molecule has 1 N–H and O–H groups in total. The Morgan fingerprint density at radius 3 is 2.46 bits per heavy atom. The molecular weight excluding hydrogens is 390 g/mol. The number of benzene rings is 2. The third kappa shape index (κ3) is 2.61. The molecule has 3 heterocycles. The number of para-hydroxylation sites is 1. The standard InChI is InChI=1S/C20H18BrN5/c21-14-6-7-17-16(12-14)18-19(24-17)20(23-13-22-18)26-10-8-25(9-11-26)15-4-2-1-3-5-15/h1-7,12-13,24H,8-11H2. The predicted octanol–water partition coefficient (Wildman–Crippen LogP) is 4.20. The van der Waals surface area contributed by atoms with E-state index in [0.717, 1.165) is 58.4 Å². The summed E-state index contributed by atoms with van der Waals surface area (Å²) in [5.41, 5.74) is 4.38. The Hall–Kier alpha value is -2.60. The number of halogens is 1. The van der Waals surface area contributed by atoms with Gasteiger partial charge in [-0.3, -0.25) is 0 Å². The maximum Gasteiger partial charge on any atom is 0.156 e. The van der Waals surface area contributed by atoms with Crippen LogP contribution in [0.1, 0.15) is 0 Å². The van der Waals surface area contributed by atoms with Crippen LogP contribution in [0.5, 0.6) is 0 Å². The Balaban J connectivity index is 1.47. The Kier molecular flexibility index (Phi) is 3.78. The average molecular weight is 408 g/mol. The Labute approximate surface area is 159 Å². The fourth-order valence-corrected chi connectivity index (χ4v) is 4.07. The number of nitrogens with one attached hydrogen (secondary N) is 1. The first kappa shape index (κ1) is 15.6. The number of aromatic amines is 1. The summed E-state index contributed by atoms with van der Waals surface area (Å²) < 4.78 is 1.06. The van der Waals surface area contributed by atoms with Gasteiger partial charge in [-0.2, -0.15) is 0 Å². The molecular formula is C20H18BrN5. The molecule has 1 aliphatic heterocycles. The molecule has 0 saturated carbocycles. The number of fused-ring (bicyclic) bond motifs is 3. The minimum atomic E-state index is 0.945. The van der Waals surface area contributed by atoms with Crippen LogP contribution in [0.2, 0.25) is 0 Å². The molecule has 1 saturated heterocycles. The molecule has 6 heteroatoms. The third-order valence-electron chi connectivity index (χ3n) is 5.02. The fraction of sp³-hybridized carbons (Fsp3) is 0.200. The van der Waals surface area contributed by atoms with Gasteiger partial charge in [-0.25, -0.2) is 9.97 Å². The van der Waals surface area contributed by atoms with Crippen molar-refractivity contribution >= 4 is 49.4 Å². The van der Waals surface area contributed by atoms with E-state index >= 15 is 0 Å². The summed E-state index contributed by atoms with van der Waals surface area (Å²) in [6, 6.07) is 16.8. The summed E-state index contributed by atoms with van der Waals surface area (Å²) in [6.45, 7) is 3.86. The van der Waals surface area contributed by atoms with Crippen LogP contribution in [0.15, 0.2) is 59.3 Å². The van der Waals surface area contributed by atoms with Crippen LogP contribution < -0.4 is 9.80 Å². The van der Waals surface area contributed by atoms with Crippen LogP contribution in [0.25, 0.3) is 21.9 Å². The molecule has 0 spiro atoms. The summed E-state index contributed by atoms with van der Waals surface area (Å²) in [5, 5.41) is 1.13. The van der Waals surface area contributed by atoms with Gasteiger partial charge in [-0.15, -0.1) is 0 Å². The molecule has 0 atom stereocenters. The van der Waals surface area contributed by atoms with Crippen molar-refractivity contribution < 1.29 is 0 Å². The number of hydrogen-bond donors (Lipinski definition) is 1. The second-order valence-electron chi connectivity index (χ2n) is 6.55. The van der Waals surface area contributed by atoms with Gasteiger partial charge in [0.1, 0.15) is 17.4 Å². The van der Waals surface area contributed by atoms with Gasteiger partial charge in [-0.1, -0.05) is 34.1 Å². The molecule has 0 unspecified atom stereocenters. The van der Waals surface area contributed by atoms with Crippen molar-refractivity contribution in [3.05, 3.63) is 59.3 Å². The second kappa shape index (κ2) is 6.29.